The van der Waals surface area contributed by atoms with Gasteiger partial charge in [0.15, 0.2) is 0 Å². The highest BCUT2D eigenvalue weighted by Gasteiger charge is 2.48. The van der Waals surface area contributed by atoms with Gasteiger partial charge in [-0.25, -0.2) is 4.79 Å². The van der Waals surface area contributed by atoms with Crippen LogP contribution in [0.1, 0.15) is 30.9 Å². The topological polar surface area (TPSA) is 46.5 Å². The highest BCUT2D eigenvalue weighted by Crippen LogP contribution is 2.38. The molecule has 1 aromatic carbocycles. The average molecular weight is 286 g/mol. The van der Waals surface area contributed by atoms with Crippen LogP contribution in [0.15, 0.2) is 23.8 Å². The van der Waals surface area contributed by atoms with Gasteiger partial charge in [0.05, 0.1) is 5.57 Å². The van der Waals surface area contributed by atoms with Gasteiger partial charge < -0.3 is 9.84 Å². The molecule has 0 aromatic heterocycles. The summed E-state index contributed by atoms with van der Waals surface area (Å²) in [5.74, 6) is -1.44. The molecular formula is C14H13F3O3. The molecule has 0 bridgehead atoms. The highest BCUT2D eigenvalue weighted by molar-refractivity contribution is 5.95. The average Bonchev–Trinajstić information content (AvgIpc) is 2.35. The predicted octanol–water partition coefficient (Wildman–Crippen LogP) is 3.60. The fourth-order valence-electron chi connectivity index (χ4n) is 1.98. The quantitative estimate of drug-likeness (QED) is 0.903. The van der Waals surface area contributed by atoms with Crippen molar-refractivity contribution in [1.82, 2.24) is 0 Å². The van der Waals surface area contributed by atoms with E-state index >= 15 is 0 Å². The van der Waals surface area contributed by atoms with Crippen LogP contribution >= 0.6 is 0 Å². The number of aliphatic carboxylic acids is 1. The smallest absolute Gasteiger partial charge is 0.430 e. The van der Waals surface area contributed by atoms with E-state index < -0.39 is 23.8 Å². The second kappa shape index (κ2) is 4.85. The molecule has 1 aliphatic rings. The Balaban J connectivity index is 2.51. The molecular weight excluding hydrogens is 273 g/mol. The Morgan fingerprint density at radius 3 is 2.50 bits per heavy atom. The second-order valence-electron chi connectivity index (χ2n) is 4.90. The summed E-state index contributed by atoms with van der Waals surface area (Å²) in [6.07, 6.45) is -6.19. The van der Waals surface area contributed by atoms with E-state index in [9.17, 15) is 18.0 Å². The summed E-state index contributed by atoms with van der Waals surface area (Å²) in [5, 5.41) is 8.89. The van der Waals surface area contributed by atoms with E-state index in [1.807, 2.05) is 13.8 Å². The summed E-state index contributed by atoms with van der Waals surface area (Å²) >= 11 is 0. The van der Waals surface area contributed by atoms with Gasteiger partial charge in [-0.1, -0.05) is 26.0 Å². The minimum atomic E-state index is -4.77. The number of rotatable bonds is 2. The molecule has 0 unspecified atom stereocenters. The van der Waals surface area contributed by atoms with Crippen molar-refractivity contribution in [3.8, 4) is 5.75 Å². The summed E-state index contributed by atoms with van der Waals surface area (Å²) in [5.41, 5.74) is 0.367. The van der Waals surface area contributed by atoms with Gasteiger partial charge >= 0.3 is 12.1 Å². The lowest BCUT2D eigenvalue weighted by molar-refractivity contribution is -0.187. The van der Waals surface area contributed by atoms with Crippen molar-refractivity contribution >= 4 is 12.0 Å². The standard InChI is InChI=1S/C14H13F3O3/c1-7(2)8-3-4-9-5-10(13(18)19)12(14(15,16)17)20-11(9)6-8/h3-7,12H,1-2H3,(H,18,19)/t12-/m0/s1. The first kappa shape index (κ1) is 14.4. The van der Waals surface area contributed by atoms with Crippen LogP contribution in [-0.2, 0) is 4.79 Å². The van der Waals surface area contributed by atoms with Gasteiger partial charge in [0.25, 0.3) is 0 Å². The Labute approximate surface area is 113 Å². The molecule has 0 fully saturated rings. The Morgan fingerprint density at radius 1 is 1.35 bits per heavy atom. The Hall–Kier alpha value is -1.98. The minimum absolute atomic E-state index is 0.0588. The number of fused-ring (bicyclic) bond motifs is 1. The number of carbonyl (C=O) groups is 1. The number of alkyl halides is 3. The van der Waals surface area contributed by atoms with Gasteiger partial charge in [0, 0.05) is 5.56 Å². The molecule has 1 heterocycles. The highest BCUT2D eigenvalue weighted by atomic mass is 19.4. The lowest BCUT2D eigenvalue weighted by atomic mass is 9.96. The molecule has 1 atom stereocenters. The monoisotopic (exact) mass is 286 g/mol. The molecule has 1 aliphatic heterocycles. The molecule has 0 aliphatic carbocycles. The molecule has 2 rings (SSSR count). The lowest BCUT2D eigenvalue weighted by Gasteiger charge is -2.27. The SMILES string of the molecule is CC(C)c1ccc2c(c1)O[C@H](C(F)(F)F)C(C(=O)O)=C2. The summed E-state index contributed by atoms with van der Waals surface area (Å²) in [7, 11) is 0. The Bertz CT molecular complexity index is 574. The van der Waals surface area contributed by atoms with Crippen LogP contribution < -0.4 is 4.74 Å². The third kappa shape index (κ3) is 2.64. The Morgan fingerprint density at radius 2 is 2.00 bits per heavy atom. The summed E-state index contributed by atoms with van der Waals surface area (Å²) in [6.45, 7) is 3.81. The van der Waals surface area contributed by atoms with E-state index in [0.717, 1.165) is 11.6 Å². The zero-order chi connectivity index (χ0) is 15.1. The molecule has 0 spiro atoms. The van der Waals surface area contributed by atoms with Crippen molar-refractivity contribution in [3.63, 3.8) is 0 Å². The van der Waals surface area contributed by atoms with Crippen molar-refractivity contribution in [2.75, 3.05) is 0 Å². The first-order chi connectivity index (χ1) is 9.20. The number of hydrogen-bond donors (Lipinski definition) is 1. The van der Waals surface area contributed by atoms with Crippen molar-refractivity contribution in [3.05, 3.63) is 34.9 Å². The molecule has 0 saturated carbocycles. The van der Waals surface area contributed by atoms with E-state index in [2.05, 4.69) is 0 Å². The van der Waals surface area contributed by atoms with Crippen LogP contribution in [0.5, 0.6) is 5.75 Å². The van der Waals surface area contributed by atoms with Crippen molar-refractivity contribution in [2.45, 2.75) is 32.0 Å². The summed E-state index contributed by atoms with van der Waals surface area (Å²) in [6, 6.07) is 4.84. The van der Waals surface area contributed by atoms with Gasteiger partial charge in [-0.3, -0.25) is 0 Å². The third-order valence-electron chi connectivity index (χ3n) is 3.09. The molecule has 6 heteroatoms. The van der Waals surface area contributed by atoms with Gasteiger partial charge in [0.2, 0.25) is 6.10 Å². The van der Waals surface area contributed by atoms with Crippen LogP contribution in [0, 0.1) is 0 Å². The minimum Gasteiger partial charge on any atom is -0.478 e. The number of benzene rings is 1. The molecule has 108 valence electrons. The van der Waals surface area contributed by atoms with Crippen molar-refractivity contribution in [1.29, 1.82) is 0 Å². The van der Waals surface area contributed by atoms with Crippen molar-refractivity contribution in [2.24, 2.45) is 0 Å². The molecule has 0 saturated heterocycles. The molecule has 0 radical (unpaired) electrons. The number of halogens is 3. The van der Waals surface area contributed by atoms with Crippen LogP contribution in [0.25, 0.3) is 6.08 Å². The molecule has 1 aromatic rings. The molecule has 1 N–H and O–H groups in total. The van der Waals surface area contributed by atoms with Crippen LogP contribution in [0.4, 0.5) is 13.2 Å². The fourth-order valence-corrected chi connectivity index (χ4v) is 1.98. The van der Waals surface area contributed by atoms with E-state index in [0.29, 0.717) is 5.56 Å². The van der Waals surface area contributed by atoms with Crippen LogP contribution in [-0.4, -0.2) is 23.4 Å². The number of carboxylic acid groups (broad SMARTS) is 1. The number of ether oxygens (including phenoxy) is 1. The van der Waals surface area contributed by atoms with E-state index in [4.69, 9.17) is 9.84 Å². The number of carboxylic acids is 1. The molecule has 20 heavy (non-hydrogen) atoms. The molecule has 0 amide bonds. The second-order valence-corrected chi connectivity index (χ2v) is 4.90. The number of hydrogen-bond acceptors (Lipinski definition) is 2. The predicted molar refractivity (Wildman–Crippen MR) is 66.6 cm³/mol. The zero-order valence-corrected chi connectivity index (χ0v) is 10.9. The first-order valence-electron chi connectivity index (χ1n) is 6.02. The third-order valence-corrected chi connectivity index (χ3v) is 3.09. The van der Waals surface area contributed by atoms with Crippen LogP contribution in [0.2, 0.25) is 0 Å². The van der Waals surface area contributed by atoms with E-state index in [1.54, 1.807) is 12.1 Å². The zero-order valence-electron chi connectivity index (χ0n) is 10.9. The first-order valence-corrected chi connectivity index (χ1v) is 6.02. The van der Waals surface area contributed by atoms with Crippen molar-refractivity contribution < 1.29 is 27.8 Å². The lowest BCUT2D eigenvalue weighted by Crippen LogP contribution is -2.40. The van der Waals surface area contributed by atoms with Gasteiger partial charge in [-0.2, -0.15) is 13.2 Å². The van der Waals surface area contributed by atoms with Gasteiger partial charge in [-0.15, -0.1) is 0 Å². The molecule has 3 nitrogen and oxygen atoms in total. The normalized spacial score (nSPS) is 18.3. The van der Waals surface area contributed by atoms with E-state index in [-0.39, 0.29) is 11.7 Å². The van der Waals surface area contributed by atoms with Gasteiger partial charge in [-0.05, 0) is 23.6 Å². The maximum absolute atomic E-state index is 12.9. The largest absolute Gasteiger partial charge is 0.478 e. The van der Waals surface area contributed by atoms with Gasteiger partial charge in [0.1, 0.15) is 5.75 Å². The summed E-state index contributed by atoms with van der Waals surface area (Å²) < 4.78 is 43.5. The Kier molecular flexibility index (Phi) is 3.50. The van der Waals surface area contributed by atoms with Crippen LogP contribution in [0.3, 0.4) is 0 Å². The summed E-state index contributed by atoms with van der Waals surface area (Å²) in [4.78, 5) is 10.9. The maximum atomic E-state index is 12.9. The van der Waals surface area contributed by atoms with E-state index in [1.165, 1.54) is 6.07 Å². The maximum Gasteiger partial charge on any atom is 0.430 e. The fraction of sp³-hybridized carbons (Fsp3) is 0.357.